The second kappa shape index (κ2) is 6.09. The summed E-state index contributed by atoms with van der Waals surface area (Å²) in [7, 11) is 0. The number of nitrogens with two attached hydrogens (primary N) is 1. The van der Waals surface area contributed by atoms with Crippen molar-refractivity contribution in [2.24, 2.45) is 0 Å². The molecule has 1 atom stereocenters. The molecule has 0 radical (unpaired) electrons. The van der Waals surface area contributed by atoms with E-state index < -0.39 is 0 Å². The van der Waals surface area contributed by atoms with Crippen LogP contribution in [-0.4, -0.2) is 5.91 Å². The first kappa shape index (κ1) is 14.6. The van der Waals surface area contributed by atoms with Crippen LogP contribution in [0.3, 0.4) is 0 Å². The van der Waals surface area contributed by atoms with E-state index in [0.717, 1.165) is 10.0 Å². The number of anilines is 1. The fourth-order valence-corrected chi connectivity index (χ4v) is 2.42. The molecule has 4 heteroatoms. The van der Waals surface area contributed by atoms with Gasteiger partial charge >= 0.3 is 0 Å². The van der Waals surface area contributed by atoms with Gasteiger partial charge in [0.2, 0.25) is 0 Å². The monoisotopic (exact) mass is 332 g/mol. The van der Waals surface area contributed by atoms with E-state index in [1.165, 1.54) is 5.56 Å². The average Bonchev–Trinajstić information content (AvgIpc) is 2.38. The zero-order valence-electron chi connectivity index (χ0n) is 11.5. The first-order valence-electron chi connectivity index (χ1n) is 6.40. The second-order valence-corrected chi connectivity index (χ2v) is 5.76. The smallest absolute Gasteiger partial charge is 0.253 e. The second-order valence-electron chi connectivity index (χ2n) is 4.84. The fraction of sp³-hybridized carbons (Fsp3) is 0.188. The van der Waals surface area contributed by atoms with Crippen LogP contribution in [0.1, 0.15) is 34.5 Å². The van der Waals surface area contributed by atoms with Crippen LogP contribution in [0.4, 0.5) is 5.69 Å². The maximum atomic E-state index is 12.2. The Labute approximate surface area is 127 Å². The first-order chi connectivity index (χ1) is 9.47. The molecule has 1 amide bonds. The van der Waals surface area contributed by atoms with Crippen LogP contribution in [0, 0.1) is 6.92 Å². The number of nitrogen functional groups attached to an aromatic ring is 1. The third kappa shape index (κ3) is 3.39. The van der Waals surface area contributed by atoms with Crippen LogP contribution in [0.15, 0.2) is 46.9 Å². The fourth-order valence-electron chi connectivity index (χ4n) is 2.04. The standard InChI is InChI=1S/C16H17BrN2O/c1-10-4-3-5-12(8-10)11(2)19-16(20)14-7-6-13(17)9-15(14)18/h3-9,11H,18H2,1-2H3,(H,19,20)/t11-/m1/s1. The lowest BCUT2D eigenvalue weighted by molar-refractivity contribution is 0.0941. The van der Waals surface area contributed by atoms with Gasteiger partial charge in [0.25, 0.3) is 5.91 Å². The molecule has 2 aromatic carbocycles. The Morgan fingerprint density at radius 3 is 2.65 bits per heavy atom. The van der Waals surface area contributed by atoms with Crippen molar-refractivity contribution in [3.8, 4) is 0 Å². The SMILES string of the molecule is Cc1cccc([C@@H](C)NC(=O)c2ccc(Br)cc2N)c1. The largest absolute Gasteiger partial charge is 0.398 e. The quantitative estimate of drug-likeness (QED) is 0.839. The normalized spacial score (nSPS) is 11.9. The van der Waals surface area contributed by atoms with Crippen molar-refractivity contribution >= 4 is 27.5 Å². The summed E-state index contributed by atoms with van der Waals surface area (Å²) in [6.45, 7) is 3.99. The Morgan fingerprint density at radius 2 is 2.00 bits per heavy atom. The summed E-state index contributed by atoms with van der Waals surface area (Å²) in [6, 6.07) is 13.3. The molecule has 3 N–H and O–H groups in total. The van der Waals surface area contributed by atoms with Gasteiger partial charge in [-0.15, -0.1) is 0 Å². The summed E-state index contributed by atoms with van der Waals surface area (Å²) in [5.41, 5.74) is 9.08. The van der Waals surface area contributed by atoms with Crippen LogP contribution in [0.2, 0.25) is 0 Å². The molecule has 0 unspecified atom stereocenters. The van der Waals surface area contributed by atoms with E-state index in [4.69, 9.17) is 5.73 Å². The third-order valence-electron chi connectivity index (χ3n) is 3.15. The van der Waals surface area contributed by atoms with E-state index in [-0.39, 0.29) is 11.9 Å². The van der Waals surface area contributed by atoms with Gasteiger partial charge in [0, 0.05) is 10.2 Å². The molecule has 0 bridgehead atoms. The summed E-state index contributed by atoms with van der Waals surface area (Å²) in [5.74, 6) is -0.163. The highest BCUT2D eigenvalue weighted by atomic mass is 79.9. The summed E-state index contributed by atoms with van der Waals surface area (Å²) in [5, 5.41) is 2.97. The van der Waals surface area contributed by atoms with Crippen molar-refractivity contribution in [2.45, 2.75) is 19.9 Å². The highest BCUT2D eigenvalue weighted by molar-refractivity contribution is 9.10. The highest BCUT2D eigenvalue weighted by Crippen LogP contribution is 2.20. The van der Waals surface area contributed by atoms with Gasteiger partial charge in [-0.3, -0.25) is 4.79 Å². The molecule has 104 valence electrons. The molecule has 3 nitrogen and oxygen atoms in total. The Bertz CT molecular complexity index is 640. The van der Waals surface area contributed by atoms with E-state index in [2.05, 4.69) is 27.3 Å². The zero-order chi connectivity index (χ0) is 14.7. The number of hydrogen-bond donors (Lipinski definition) is 2. The molecular formula is C16H17BrN2O. The number of amides is 1. The molecule has 0 saturated heterocycles. The number of aryl methyl sites for hydroxylation is 1. The minimum absolute atomic E-state index is 0.0644. The maximum Gasteiger partial charge on any atom is 0.253 e. The van der Waals surface area contributed by atoms with Crippen molar-refractivity contribution in [2.75, 3.05) is 5.73 Å². The molecule has 0 aromatic heterocycles. The molecule has 20 heavy (non-hydrogen) atoms. The minimum atomic E-state index is -0.163. The van der Waals surface area contributed by atoms with Crippen LogP contribution in [0.25, 0.3) is 0 Å². The predicted octanol–water partition coefficient (Wildman–Crippen LogP) is 3.83. The molecule has 2 rings (SSSR count). The summed E-state index contributed by atoms with van der Waals surface area (Å²) < 4.78 is 0.860. The van der Waals surface area contributed by atoms with Gasteiger partial charge in [-0.25, -0.2) is 0 Å². The Morgan fingerprint density at radius 1 is 1.25 bits per heavy atom. The average molecular weight is 333 g/mol. The van der Waals surface area contributed by atoms with Gasteiger partial charge < -0.3 is 11.1 Å². The predicted molar refractivity (Wildman–Crippen MR) is 85.6 cm³/mol. The van der Waals surface area contributed by atoms with Crippen molar-refractivity contribution in [3.05, 3.63) is 63.6 Å². The number of benzene rings is 2. The molecule has 0 saturated carbocycles. The zero-order valence-corrected chi connectivity index (χ0v) is 13.1. The van der Waals surface area contributed by atoms with E-state index in [1.807, 2.05) is 38.1 Å². The van der Waals surface area contributed by atoms with E-state index in [9.17, 15) is 4.79 Å². The first-order valence-corrected chi connectivity index (χ1v) is 7.19. The lowest BCUT2D eigenvalue weighted by Gasteiger charge is -2.16. The van der Waals surface area contributed by atoms with Crippen LogP contribution in [0.5, 0.6) is 0 Å². The number of carbonyl (C=O) groups is 1. The van der Waals surface area contributed by atoms with Crippen molar-refractivity contribution in [3.63, 3.8) is 0 Å². The molecule has 0 aliphatic carbocycles. The maximum absolute atomic E-state index is 12.2. The molecular weight excluding hydrogens is 316 g/mol. The summed E-state index contributed by atoms with van der Waals surface area (Å²) in [6.07, 6.45) is 0. The van der Waals surface area contributed by atoms with Gasteiger partial charge in [-0.2, -0.15) is 0 Å². The molecule has 0 heterocycles. The molecule has 0 spiro atoms. The van der Waals surface area contributed by atoms with Crippen LogP contribution >= 0.6 is 15.9 Å². The number of hydrogen-bond acceptors (Lipinski definition) is 2. The van der Waals surface area contributed by atoms with Crippen molar-refractivity contribution in [1.82, 2.24) is 5.32 Å². The lowest BCUT2D eigenvalue weighted by Crippen LogP contribution is -2.27. The van der Waals surface area contributed by atoms with E-state index in [0.29, 0.717) is 11.3 Å². The van der Waals surface area contributed by atoms with Gasteiger partial charge in [-0.05, 0) is 37.6 Å². The number of carbonyl (C=O) groups excluding carboxylic acids is 1. The van der Waals surface area contributed by atoms with Crippen molar-refractivity contribution in [1.29, 1.82) is 0 Å². The van der Waals surface area contributed by atoms with Crippen LogP contribution < -0.4 is 11.1 Å². The number of rotatable bonds is 3. The highest BCUT2D eigenvalue weighted by Gasteiger charge is 2.14. The Balaban J connectivity index is 2.15. The third-order valence-corrected chi connectivity index (χ3v) is 3.64. The van der Waals surface area contributed by atoms with E-state index >= 15 is 0 Å². The molecule has 0 aliphatic heterocycles. The van der Waals surface area contributed by atoms with Gasteiger partial charge in [0.1, 0.15) is 0 Å². The van der Waals surface area contributed by atoms with Crippen molar-refractivity contribution < 1.29 is 4.79 Å². The van der Waals surface area contributed by atoms with Gasteiger partial charge in [0.15, 0.2) is 0 Å². The summed E-state index contributed by atoms with van der Waals surface area (Å²) >= 11 is 3.33. The van der Waals surface area contributed by atoms with Crippen LogP contribution in [-0.2, 0) is 0 Å². The Kier molecular flexibility index (Phi) is 4.45. The lowest BCUT2D eigenvalue weighted by atomic mass is 10.1. The van der Waals surface area contributed by atoms with Gasteiger partial charge in [-0.1, -0.05) is 45.8 Å². The van der Waals surface area contributed by atoms with E-state index in [1.54, 1.807) is 12.1 Å². The molecule has 2 aromatic rings. The topological polar surface area (TPSA) is 55.1 Å². The van der Waals surface area contributed by atoms with Gasteiger partial charge in [0.05, 0.1) is 11.6 Å². The molecule has 0 fully saturated rings. The molecule has 0 aliphatic rings. The Hall–Kier alpha value is -1.81. The summed E-state index contributed by atoms with van der Waals surface area (Å²) in [4.78, 5) is 12.2. The minimum Gasteiger partial charge on any atom is -0.398 e. The number of halogens is 1. The number of nitrogens with one attached hydrogen (secondary N) is 1.